The van der Waals surface area contributed by atoms with Crippen molar-refractivity contribution in [1.29, 1.82) is 0 Å². The molecule has 0 fully saturated rings. The predicted molar refractivity (Wildman–Crippen MR) is 49.8 cm³/mol. The number of aryl methyl sites for hydroxylation is 1. The minimum atomic E-state index is 1.16. The van der Waals surface area contributed by atoms with Gasteiger partial charge in [-0.05, 0) is 24.1 Å². The summed E-state index contributed by atoms with van der Waals surface area (Å²) in [6, 6.07) is 12.2. The molecule has 2 aromatic rings. The predicted octanol–water partition coefficient (Wildman–Crippen LogP) is 2.79. The standard InChI is InChI=1S/C11H10N/c1-9-7-8-12-11(9)10-5-3-2-4-6-10/h2-7,12H,1H3. The Morgan fingerprint density at radius 3 is 2.50 bits per heavy atom. The van der Waals surface area contributed by atoms with Crippen LogP contribution in [0.2, 0.25) is 0 Å². The van der Waals surface area contributed by atoms with E-state index in [1.54, 1.807) is 0 Å². The van der Waals surface area contributed by atoms with E-state index < -0.39 is 0 Å². The highest BCUT2D eigenvalue weighted by atomic mass is 14.7. The molecule has 1 radical (unpaired) electrons. The molecule has 1 N–H and O–H groups in total. The Morgan fingerprint density at radius 2 is 1.92 bits per heavy atom. The van der Waals surface area contributed by atoms with Crippen molar-refractivity contribution in [3.63, 3.8) is 0 Å². The normalized spacial score (nSPS) is 10.1. The summed E-state index contributed by atoms with van der Waals surface area (Å²) in [5.74, 6) is 0. The van der Waals surface area contributed by atoms with Gasteiger partial charge >= 0.3 is 0 Å². The van der Waals surface area contributed by atoms with Gasteiger partial charge in [0.15, 0.2) is 0 Å². The fourth-order valence-electron chi connectivity index (χ4n) is 1.29. The van der Waals surface area contributed by atoms with Crippen molar-refractivity contribution < 1.29 is 0 Å². The van der Waals surface area contributed by atoms with Gasteiger partial charge < -0.3 is 4.98 Å². The van der Waals surface area contributed by atoms with Crippen molar-refractivity contribution in [3.05, 3.63) is 48.2 Å². The van der Waals surface area contributed by atoms with Crippen LogP contribution in [0.3, 0.4) is 0 Å². The first-order chi connectivity index (χ1) is 5.88. The van der Waals surface area contributed by atoms with Crippen molar-refractivity contribution >= 4 is 0 Å². The first-order valence-corrected chi connectivity index (χ1v) is 3.99. The summed E-state index contributed by atoms with van der Waals surface area (Å²) >= 11 is 0. The lowest BCUT2D eigenvalue weighted by molar-refractivity contribution is 1.37. The second-order valence-corrected chi connectivity index (χ2v) is 2.84. The molecule has 0 aliphatic rings. The molecule has 2 rings (SSSR count). The Hall–Kier alpha value is -1.50. The van der Waals surface area contributed by atoms with E-state index in [0.29, 0.717) is 0 Å². The molecule has 0 spiro atoms. The van der Waals surface area contributed by atoms with E-state index in [1.165, 1.54) is 11.1 Å². The van der Waals surface area contributed by atoms with E-state index in [1.807, 2.05) is 24.3 Å². The summed E-state index contributed by atoms with van der Waals surface area (Å²) in [6.45, 7) is 2.08. The molecule has 1 aromatic heterocycles. The first kappa shape index (κ1) is 7.17. The first-order valence-electron chi connectivity index (χ1n) is 3.99. The number of H-pyrrole nitrogens is 1. The maximum Gasteiger partial charge on any atom is 0.0627 e. The zero-order valence-corrected chi connectivity index (χ0v) is 6.96. The molecule has 1 heterocycles. The lowest BCUT2D eigenvalue weighted by atomic mass is 10.1. The number of aromatic amines is 1. The lowest BCUT2D eigenvalue weighted by Crippen LogP contribution is -1.78. The van der Waals surface area contributed by atoms with Crippen molar-refractivity contribution in [2.45, 2.75) is 6.92 Å². The summed E-state index contributed by atoms with van der Waals surface area (Å²) in [5, 5.41) is 0. The van der Waals surface area contributed by atoms with E-state index in [-0.39, 0.29) is 0 Å². The second kappa shape index (κ2) is 2.86. The Balaban J connectivity index is 2.51. The fourth-order valence-corrected chi connectivity index (χ4v) is 1.29. The third-order valence-corrected chi connectivity index (χ3v) is 1.94. The van der Waals surface area contributed by atoms with Gasteiger partial charge in [0.25, 0.3) is 0 Å². The van der Waals surface area contributed by atoms with Crippen molar-refractivity contribution in [2.24, 2.45) is 0 Å². The lowest BCUT2D eigenvalue weighted by Gasteiger charge is -1.98. The highest BCUT2D eigenvalue weighted by Gasteiger charge is 1.99. The van der Waals surface area contributed by atoms with Gasteiger partial charge in [-0.1, -0.05) is 30.3 Å². The molecule has 0 aliphatic heterocycles. The molecule has 0 bridgehead atoms. The van der Waals surface area contributed by atoms with Crippen LogP contribution in [0.1, 0.15) is 5.56 Å². The van der Waals surface area contributed by atoms with Crippen LogP contribution in [0.4, 0.5) is 0 Å². The van der Waals surface area contributed by atoms with Crippen molar-refractivity contribution in [1.82, 2.24) is 4.98 Å². The molecule has 1 aromatic carbocycles. The van der Waals surface area contributed by atoms with Crippen LogP contribution < -0.4 is 0 Å². The topological polar surface area (TPSA) is 15.8 Å². The average molecular weight is 156 g/mol. The van der Waals surface area contributed by atoms with Crippen LogP contribution in [0.5, 0.6) is 0 Å². The van der Waals surface area contributed by atoms with Crippen LogP contribution in [0, 0.1) is 13.1 Å². The Labute approximate surface area is 72.1 Å². The van der Waals surface area contributed by atoms with Gasteiger partial charge in [-0.3, -0.25) is 0 Å². The molecule has 0 atom stereocenters. The van der Waals surface area contributed by atoms with Gasteiger partial charge in [0, 0.05) is 5.69 Å². The Bertz CT molecular complexity index is 360. The minimum Gasteiger partial charge on any atom is -0.353 e. The molecule has 0 aliphatic carbocycles. The summed E-state index contributed by atoms with van der Waals surface area (Å²) in [6.07, 6.45) is 2.97. The average Bonchev–Trinajstić information content (AvgIpc) is 2.53. The summed E-state index contributed by atoms with van der Waals surface area (Å²) in [7, 11) is 0. The van der Waals surface area contributed by atoms with Gasteiger partial charge in [-0.15, -0.1) is 0 Å². The number of hydrogen-bond donors (Lipinski definition) is 1. The second-order valence-electron chi connectivity index (χ2n) is 2.84. The Morgan fingerprint density at radius 1 is 1.17 bits per heavy atom. The molecule has 0 amide bonds. The molecule has 0 saturated carbocycles. The largest absolute Gasteiger partial charge is 0.353 e. The Kier molecular flexibility index (Phi) is 1.71. The molecule has 12 heavy (non-hydrogen) atoms. The number of nitrogens with one attached hydrogen (secondary N) is 1. The van der Waals surface area contributed by atoms with Gasteiger partial charge in [-0.2, -0.15) is 0 Å². The monoisotopic (exact) mass is 156 g/mol. The molecule has 59 valence electrons. The van der Waals surface area contributed by atoms with E-state index in [0.717, 1.165) is 5.69 Å². The maximum atomic E-state index is 3.10. The van der Waals surface area contributed by atoms with Gasteiger partial charge in [0.2, 0.25) is 0 Å². The van der Waals surface area contributed by atoms with Crippen molar-refractivity contribution in [2.75, 3.05) is 0 Å². The van der Waals surface area contributed by atoms with Crippen LogP contribution in [-0.4, -0.2) is 4.98 Å². The van der Waals surface area contributed by atoms with Crippen LogP contribution in [0.25, 0.3) is 11.3 Å². The zero-order chi connectivity index (χ0) is 8.39. The molecular weight excluding hydrogens is 146 g/mol. The van der Waals surface area contributed by atoms with E-state index in [9.17, 15) is 0 Å². The quantitative estimate of drug-likeness (QED) is 0.653. The summed E-state index contributed by atoms with van der Waals surface area (Å²) in [4.78, 5) is 3.10. The molecule has 0 unspecified atom stereocenters. The number of rotatable bonds is 1. The van der Waals surface area contributed by atoms with Crippen LogP contribution >= 0.6 is 0 Å². The zero-order valence-electron chi connectivity index (χ0n) is 6.96. The number of benzene rings is 1. The number of hydrogen-bond acceptors (Lipinski definition) is 0. The summed E-state index contributed by atoms with van der Waals surface area (Å²) in [5.41, 5.74) is 3.62. The highest BCUT2D eigenvalue weighted by molar-refractivity contribution is 5.62. The molecular formula is C11H10N. The minimum absolute atomic E-state index is 1.16. The van der Waals surface area contributed by atoms with E-state index >= 15 is 0 Å². The highest BCUT2D eigenvalue weighted by Crippen LogP contribution is 2.19. The molecule has 1 heteroatoms. The van der Waals surface area contributed by atoms with Gasteiger partial charge in [0.05, 0.1) is 6.20 Å². The van der Waals surface area contributed by atoms with Crippen LogP contribution in [0.15, 0.2) is 36.4 Å². The fraction of sp³-hybridized carbons (Fsp3) is 0.0909. The molecule has 0 saturated heterocycles. The van der Waals surface area contributed by atoms with Gasteiger partial charge in [-0.25, -0.2) is 0 Å². The third-order valence-electron chi connectivity index (χ3n) is 1.94. The summed E-state index contributed by atoms with van der Waals surface area (Å²) < 4.78 is 0. The number of aromatic nitrogens is 1. The SMILES string of the molecule is Cc1c[c][nH]c1-c1ccccc1. The maximum absolute atomic E-state index is 3.10. The van der Waals surface area contributed by atoms with E-state index in [2.05, 4.69) is 30.2 Å². The molecule has 1 nitrogen and oxygen atoms in total. The van der Waals surface area contributed by atoms with Crippen LogP contribution in [-0.2, 0) is 0 Å². The third kappa shape index (κ3) is 1.14. The smallest absolute Gasteiger partial charge is 0.0627 e. The van der Waals surface area contributed by atoms with Crippen molar-refractivity contribution in [3.8, 4) is 11.3 Å². The van der Waals surface area contributed by atoms with E-state index in [4.69, 9.17) is 0 Å². The van der Waals surface area contributed by atoms with Gasteiger partial charge in [0.1, 0.15) is 0 Å².